The van der Waals surface area contributed by atoms with E-state index in [0.29, 0.717) is 0 Å². The number of thioether (sulfide) groups is 1. The lowest BCUT2D eigenvalue weighted by Gasteiger charge is -2.09. The highest BCUT2D eigenvalue weighted by Crippen LogP contribution is 2.24. The predicted molar refractivity (Wildman–Crippen MR) is 67.2 cm³/mol. The molecule has 16 heavy (non-hydrogen) atoms. The Morgan fingerprint density at radius 3 is 2.44 bits per heavy atom. The number of hydrogen-bond donors (Lipinski definition) is 2. The van der Waals surface area contributed by atoms with Crippen molar-refractivity contribution in [2.24, 2.45) is 5.73 Å². The Bertz CT molecular complexity index is 394. The van der Waals surface area contributed by atoms with Gasteiger partial charge in [0, 0.05) is 9.37 Å². The molecule has 0 bridgehead atoms. The molecule has 0 radical (unpaired) electrons. The number of benzene rings is 1. The van der Waals surface area contributed by atoms with Crippen LogP contribution in [-0.2, 0) is 4.79 Å². The van der Waals surface area contributed by atoms with Crippen molar-refractivity contribution in [2.75, 3.05) is 0 Å². The maximum atomic E-state index is 11.4. The monoisotopic (exact) mass is 302 g/mol. The smallest absolute Gasteiger partial charge is 0.318 e. The van der Waals surface area contributed by atoms with Crippen LogP contribution in [0.2, 0.25) is 0 Å². The van der Waals surface area contributed by atoms with Crippen molar-refractivity contribution in [1.29, 1.82) is 0 Å². The van der Waals surface area contributed by atoms with E-state index in [1.54, 1.807) is 6.92 Å². The van der Waals surface area contributed by atoms with Gasteiger partial charge in [-0.2, -0.15) is 0 Å². The van der Waals surface area contributed by atoms with Crippen LogP contribution in [0.15, 0.2) is 33.6 Å². The lowest BCUT2D eigenvalue weighted by atomic mass is 10.4. The Kier molecular flexibility index (Phi) is 4.82. The summed E-state index contributed by atoms with van der Waals surface area (Å²) in [6.45, 7) is 1.71. The summed E-state index contributed by atoms with van der Waals surface area (Å²) >= 11 is 4.69. The molecule has 0 aliphatic carbocycles. The third-order valence-electron chi connectivity index (χ3n) is 1.74. The van der Waals surface area contributed by atoms with E-state index in [4.69, 9.17) is 5.73 Å². The number of imide groups is 1. The van der Waals surface area contributed by atoms with Crippen molar-refractivity contribution < 1.29 is 9.59 Å². The van der Waals surface area contributed by atoms with Crippen LogP contribution < -0.4 is 11.1 Å². The van der Waals surface area contributed by atoms with Crippen molar-refractivity contribution in [1.82, 2.24) is 5.32 Å². The molecule has 1 aromatic rings. The molecular formula is C10H11BrN2O2S. The van der Waals surface area contributed by atoms with Gasteiger partial charge in [-0.3, -0.25) is 10.1 Å². The summed E-state index contributed by atoms with van der Waals surface area (Å²) in [5.74, 6) is -0.389. The zero-order valence-corrected chi connectivity index (χ0v) is 11.0. The van der Waals surface area contributed by atoms with Crippen LogP contribution in [0.3, 0.4) is 0 Å². The number of hydrogen-bond acceptors (Lipinski definition) is 3. The quantitative estimate of drug-likeness (QED) is 0.840. The van der Waals surface area contributed by atoms with E-state index in [9.17, 15) is 9.59 Å². The molecule has 1 atom stereocenters. The van der Waals surface area contributed by atoms with Gasteiger partial charge in [0.1, 0.15) is 0 Å². The van der Waals surface area contributed by atoms with E-state index in [1.807, 2.05) is 29.6 Å². The van der Waals surface area contributed by atoms with Gasteiger partial charge in [0.15, 0.2) is 0 Å². The zero-order chi connectivity index (χ0) is 12.1. The van der Waals surface area contributed by atoms with Gasteiger partial charge >= 0.3 is 6.03 Å². The second kappa shape index (κ2) is 5.91. The van der Waals surface area contributed by atoms with Gasteiger partial charge in [-0.25, -0.2) is 4.79 Å². The highest BCUT2D eigenvalue weighted by Gasteiger charge is 2.15. The Morgan fingerprint density at radius 2 is 1.94 bits per heavy atom. The second-order valence-electron chi connectivity index (χ2n) is 3.07. The second-order valence-corrected chi connectivity index (χ2v) is 5.40. The first-order valence-electron chi connectivity index (χ1n) is 4.51. The number of carbonyl (C=O) groups excluding carboxylic acids is 2. The van der Waals surface area contributed by atoms with Crippen LogP contribution in [0, 0.1) is 0 Å². The van der Waals surface area contributed by atoms with Gasteiger partial charge < -0.3 is 5.73 Å². The summed E-state index contributed by atoms with van der Waals surface area (Å²) in [5, 5.41) is 1.68. The maximum absolute atomic E-state index is 11.4. The van der Waals surface area contributed by atoms with Crippen LogP contribution >= 0.6 is 27.7 Å². The largest absolute Gasteiger partial charge is 0.351 e. The maximum Gasteiger partial charge on any atom is 0.318 e. The molecule has 0 unspecified atom stereocenters. The molecule has 1 rings (SSSR count). The topological polar surface area (TPSA) is 72.2 Å². The molecule has 4 nitrogen and oxygen atoms in total. The molecule has 0 aliphatic rings. The van der Waals surface area contributed by atoms with E-state index < -0.39 is 6.03 Å². The summed E-state index contributed by atoms with van der Waals surface area (Å²) in [6, 6.07) is 6.74. The molecule has 0 aromatic heterocycles. The number of halogens is 1. The number of nitrogens with one attached hydrogen (secondary N) is 1. The third-order valence-corrected chi connectivity index (χ3v) is 3.38. The Labute approximate surface area is 106 Å². The highest BCUT2D eigenvalue weighted by molar-refractivity contribution is 9.10. The zero-order valence-electron chi connectivity index (χ0n) is 8.57. The molecule has 0 saturated carbocycles. The number of amides is 3. The summed E-state index contributed by atoms with van der Waals surface area (Å²) in [7, 11) is 0. The number of nitrogens with two attached hydrogens (primary N) is 1. The predicted octanol–water partition coefficient (Wildman–Crippen LogP) is 2.12. The molecule has 6 heteroatoms. The SMILES string of the molecule is C[C@H](Sc1ccc(Br)cc1)C(=O)NC(N)=O. The molecule has 0 fully saturated rings. The van der Waals surface area contributed by atoms with E-state index in [2.05, 4.69) is 15.9 Å². The third kappa shape index (κ3) is 4.24. The van der Waals surface area contributed by atoms with Gasteiger partial charge in [-0.05, 0) is 31.2 Å². The van der Waals surface area contributed by atoms with Crippen LogP contribution in [0.25, 0.3) is 0 Å². The molecule has 3 amide bonds. The Hall–Kier alpha value is -1.01. The number of rotatable bonds is 3. The van der Waals surface area contributed by atoms with Crippen molar-refractivity contribution in [3.8, 4) is 0 Å². The van der Waals surface area contributed by atoms with Crippen molar-refractivity contribution in [3.05, 3.63) is 28.7 Å². The van der Waals surface area contributed by atoms with E-state index in [-0.39, 0.29) is 11.2 Å². The summed E-state index contributed by atoms with van der Waals surface area (Å²) in [4.78, 5) is 22.8. The molecular weight excluding hydrogens is 292 g/mol. The minimum Gasteiger partial charge on any atom is -0.351 e. The summed E-state index contributed by atoms with van der Waals surface area (Å²) in [6.07, 6.45) is 0. The Balaban J connectivity index is 2.57. The average Bonchev–Trinajstić information content (AvgIpc) is 2.20. The molecule has 0 heterocycles. The number of urea groups is 1. The fourth-order valence-electron chi connectivity index (χ4n) is 0.994. The van der Waals surface area contributed by atoms with Crippen LogP contribution in [-0.4, -0.2) is 17.2 Å². The van der Waals surface area contributed by atoms with Gasteiger partial charge in [0.2, 0.25) is 5.91 Å². The van der Waals surface area contributed by atoms with Gasteiger partial charge in [0.05, 0.1) is 5.25 Å². The number of primary amides is 1. The van der Waals surface area contributed by atoms with Crippen LogP contribution in [0.5, 0.6) is 0 Å². The fourth-order valence-corrected chi connectivity index (χ4v) is 2.13. The molecule has 3 N–H and O–H groups in total. The molecule has 0 saturated heterocycles. The van der Waals surface area contributed by atoms with Crippen LogP contribution in [0.4, 0.5) is 4.79 Å². The van der Waals surface area contributed by atoms with Gasteiger partial charge in [-0.1, -0.05) is 15.9 Å². The molecule has 0 spiro atoms. The molecule has 0 aliphatic heterocycles. The fraction of sp³-hybridized carbons (Fsp3) is 0.200. The lowest BCUT2D eigenvalue weighted by molar-refractivity contribution is -0.119. The summed E-state index contributed by atoms with van der Waals surface area (Å²) < 4.78 is 0.978. The molecule has 86 valence electrons. The van der Waals surface area contributed by atoms with Crippen molar-refractivity contribution in [2.45, 2.75) is 17.1 Å². The minimum absolute atomic E-state index is 0.367. The standard InChI is InChI=1S/C10H11BrN2O2S/c1-6(9(14)13-10(12)15)16-8-4-2-7(11)3-5-8/h2-6H,1H3,(H3,12,13,14,15)/t6-/m0/s1. The van der Waals surface area contributed by atoms with Gasteiger partial charge in [-0.15, -0.1) is 11.8 Å². The highest BCUT2D eigenvalue weighted by atomic mass is 79.9. The summed E-state index contributed by atoms with van der Waals surface area (Å²) in [5.41, 5.74) is 4.86. The van der Waals surface area contributed by atoms with E-state index in [1.165, 1.54) is 11.8 Å². The van der Waals surface area contributed by atoms with E-state index in [0.717, 1.165) is 9.37 Å². The van der Waals surface area contributed by atoms with E-state index >= 15 is 0 Å². The minimum atomic E-state index is -0.826. The normalized spacial score (nSPS) is 11.9. The van der Waals surface area contributed by atoms with Crippen molar-refractivity contribution >= 4 is 39.6 Å². The molecule has 1 aromatic carbocycles. The first-order chi connectivity index (χ1) is 7.49. The van der Waals surface area contributed by atoms with Crippen molar-refractivity contribution in [3.63, 3.8) is 0 Å². The van der Waals surface area contributed by atoms with Crippen LogP contribution in [0.1, 0.15) is 6.92 Å². The first kappa shape index (κ1) is 13.1. The average molecular weight is 303 g/mol. The first-order valence-corrected chi connectivity index (χ1v) is 6.19. The van der Waals surface area contributed by atoms with Gasteiger partial charge in [0.25, 0.3) is 0 Å². The Morgan fingerprint density at radius 1 is 1.38 bits per heavy atom. The lowest BCUT2D eigenvalue weighted by Crippen LogP contribution is -2.39. The number of carbonyl (C=O) groups is 2.